The molecule has 0 saturated carbocycles. The van der Waals surface area contributed by atoms with E-state index in [1.54, 1.807) is 21.7 Å². The van der Waals surface area contributed by atoms with Crippen LogP contribution in [0.1, 0.15) is 92.8 Å². The normalized spacial score (nSPS) is 17.8. The van der Waals surface area contributed by atoms with Crippen molar-refractivity contribution in [2.75, 3.05) is 24.6 Å². The van der Waals surface area contributed by atoms with Gasteiger partial charge in [-0.05, 0) is 89.2 Å². The van der Waals surface area contributed by atoms with Crippen LogP contribution in [0.3, 0.4) is 0 Å². The van der Waals surface area contributed by atoms with Crippen molar-refractivity contribution in [1.82, 2.24) is 24.4 Å². The lowest BCUT2D eigenvalue weighted by Gasteiger charge is -2.44. The van der Waals surface area contributed by atoms with E-state index >= 15 is 0 Å². The first-order valence-electron chi connectivity index (χ1n) is 16.8. The maximum absolute atomic E-state index is 14.3. The second-order valence-corrected chi connectivity index (χ2v) is 21.3. The fourth-order valence-corrected chi connectivity index (χ4v) is 7.08. The predicted octanol–water partition coefficient (Wildman–Crippen LogP) is 8.39. The molecule has 48 heavy (non-hydrogen) atoms. The molecule has 10 nitrogen and oxygen atoms in total. The summed E-state index contributed by atoms with van der Waals surface area (Å²) < 4.78 is 13.7. The molecule has 0 bridgehead atoms. The van der Waals surface area contributed by atoms with Gasteiger partial charge < -0.3 is 19.0 Å². The highest BCUT2D eigenvalue weighted by atomic mass is 35.5. The van der Waals surface area contributed by atoms with Crippen molar-refractivity contribution in [3.8, 4) is 5.69 Å². The highest BCUT2D eigenvalue weighted by molar-refractivity contribution is 6.74. The van der Waals surface area contributed by atoms with Crippen molar-refractivity contribution in [3.05, 3.63) is 50.2 Å². The molecule has 4 heterocycles. The first-order valence-corrected chi connectivity index (χ1v) is 20.5. The molecule has 0 aliphatic carbocycles. The summed E-state index contributed by atoms with van der Waals surface area (Å²) >= 11 is 13.1. The maximum atomic E-state index is 14.3. The SMILES string of the molecule is CC(C)c1nccc(CCCO[Si](C)(C)C(C)(C)C)c1-n1c(=O)nc(N2C[C@H](C)N(C(=O)OC(C)(C)C)C[C@@H]2C)c2cc(Cl)c(Cl)nc21. The summed E-state index contributed by atoms with van der Waals surface area (Å²) in [7, 11) is -1.91. The number of pyridine rings is 2. The Morgan fingerprint density at radius 2 is 1.73 bits per heavy atom. The van der Waals surface area contributed by atoms with Crippen LogP contribution in [0.5, 0.6) is 0 Å². The molecule has 2 atom stereocenters. The predicted molar refractivity (Wildman–Crippen MR) is 198 cm³/mol. The summed E-state index contributed by atoms with van der Waals surface area (Å²) in [5, 5.41) is 1.04. The van der Waals surface area contributed by atoms with Crippen LogP contribution in [0.15, 0.2) is 23.1 Å². The number of rotatable bonds is 8. The number of hydrogen-bond donors (Lipinski definition) is 0. The molecular formula is C35H52Cl2N6O4Si. The average molecular weight is 720 g/mol. The minimum absolute atomic E-state index is 0.00892. The number of halogens is 2. The molecule has 0 unspecified atom stereocenters. The number of piperazine rings is 1. The largest absolute Gasteiger partial charge is 0.444 e. The van der Waals surface area contributed by atoms with Crippen LogP contribution in [0, 0.1) is 0 Å². The zero-order chi connectivity index (χ0) is 35.9. The molecule has 13 heteroatoms. The Balaban J connectivity index is 1.80. The molecule has 0 N–H and O–H groups in total. The van der Waals surface area contributed by atoms with E-state index in [0.717, 1.165) is 17.7 Å². The van der Waals surface area contributed by atoms with Crippen LogP contribution in [0.4, 0.5) is 10.6 Å². The third-order valence-electron chi connectivity index (χ3n) is 9.31. The Morgan fingerprint density at radius 1 is 1.06 bits per heavy atom. The Hall–Kier alpha value is -2.73. The molecule has 3 aromatic heterocycles. The third-order valence-corrected chi connectivity index (χ3v) is 14.5. The van der Waals surface area contributed by atoms with Crippen molar-refractivity contribution in [1.29, 1.82) is 0 Å². The van der Waals surface area contributed by atoms with Gasteiger partial charge in [-0.2, -0.15) is 4.98 Å². The summed E-state index contributed by atoms with van der Waals surface area (Å²) in [5.41, 5.74) is 1.62. The van der Waals surface area contributed by atoms with Crippen molar-refractivity contribution in [2.45, 2.75) is 124 Å². The molecule has 1 amide bonds. The maximum Gasteiger partial charge on any atom is 0.410 e. The molecule has 1 fully saturated rings. The van der Waals surface area contributed by atoms with E-state index in [2.05, 4.69) is 47.7 Å². The van der Waals surface area contributed by atoms with Gasteiger partial charge in [-0.3, -0.25) is 4.98 Å². The van der Waals surface area contributed by atoms with Gasteiger partial charge in [-0.25, -0.2) is 19.1 Å². The van der Waals surface area contributed by atoms with Gasteiger partial charge in [0.2, 0.25) is 0 Å². The second kappa shape index (κ2) is 14.2. The topological polar surface area (TPSA) is 103 Å². The Labute approximate surface area is 296 Å². The van der Waals surface area contributed by atoms with Gasteiger partial charge in [0, 0.05) is 38.0 Å². The van der Waals surface area contributed by atoms with Gasteiger partial charge in [0.15, 0.2) is 14.0 Å². The molecule has 4 rings (SSSR count). The molecule has 1 saturated heterocycles. The van der Waals surface area contributed by atoms with Crippen molar-refractivity contribution < 1.29 is 14.0 Å². The summed E-state index contributed by atoms with van der Waals surface area (Å²) in [5.74, 6) is 0.453. The highest BCUT2D eigenvalue weighted by Gasteiger charge is 2.38. The highest BCUT2D eigenvalue weighted by Crippen LogP contribution is 2.37. The lowest BCUT2D eigenvalue weighted by molar-refractivity contribution is 0.0130. The second-order valence-electron chi connectivity index (χ2n) is 15.7. The Morgan fingerprint density at radius 3 is 2.33 bits per heavy atom. The van der Waals surface area contributed by atoms with Gasteiger partial charge in [0.1, 0.15) is 16.6 Å². The molecule has 1 aliphatic heterocycles. The number of hydrogen-bond acceptors (Lipinski definition) is 8. The van der Waals surface area contributed by atoms with E-state index in [1.807, 2.05) is 45.6 Å². The first-order chi connectivity index (χ1) is 22.1. The smallest absolute Gasteiger partial charge is 0.410 e. The fraction of sp³-hybridized carbons (Fsp3) is 0.629. The Kier molecular flexibility index (Phi) is 11.3. The lowest BCUT2D eigenvalue weighted by Crippen LogP contribution is -2.59. The van der Waals surface area contributed by atoms with Crippen LogP contribution >= 0.6 is 23.2 Å². The molecule has 1 aliphatic rings. The third kappa shape index (κ3) is 8.17. The van der Waals surface area contributed by atoms with Gasteiger partial charge in [0.25, 0.3) is 0 Å². The first kappa shape index (κ1) is 38.1. The number of amides is 1. The van der Waals surface area contributed by atoms with Crippen molar-refractivity contribution in [2.24, 2.45) is 0 Å². The number of fused-ring (bicyclic) bond motifs is 1. The van der Waals surface area contributed by atoms with Gasteiger partial charge >= 0.3 is 11.8 Å². The zero-order valence-electron chi connectivity index (χ0n) is 30.6. The van der Waals surface area contributed by atoms with Crippen molar-refractivity contribution >= 4 is 54.5 Å². The van der Waals surface area contributed by atoms with Crippen LogP contribution in [0.25, 0.3) is 16.7 Å². The number of carbonyl (C=O) groups is 1. The number of aromatic nitrogens is 4. The minimum Gasteiger partial charge on any atom is -0.444 e. The van der Waals surface area contributed by atoms with Crippen LogP contribution in [-0.4, -0.2) is 76.2 Å². The fourth-order valence-electron chi connectivity index (χ4n) is 5.70. The van der Waals surface area contributed by atoms with Gasteiger partial charge in [-0.1, -0.05) is 57.8 Å². The summed E-state index contributed by atoms with van der Waals surface area (Å²) in [6.07, 6.45) is 2.87. The van der Waals surface area contributed by atoms with E-state index in [1.165, 1.54) is 0 Å². The average Bonchev–Trinajstić information content (AvgIpc) is 2.95. The summed E-state index contributed by atoms with van der Waals surface area (Å²) in [6.45, 7) is 26.2. The van der Waals surface area contributed by atoms with Gasteiger partial charge in [0.05, 0.1) is 21.8 Å². The standard InChI is InChI=1S/C35H52Cl2N6O4Si/c1-21(2)27-28(24(15-16-38-27)14-13-17-46-48(11,12)35(8,9)10)43-31-25(18-26(36)29(37)39-31)30(40-32(43)44)41-19-23(4)42(20-22(41)3)33(45)47-34(5,6)7/h15-16,18,21-23H,13-14,17,19-20H2,1-12H3/t22-,23-/m0/s1. The number of aryl methyl sites for hydroxylation is 1. The lowest BCUT2D eigenvalue weighted by atomic mass is 10.0. The molecule has 0 radical (unpaired) electrons. The van der Waals surface area contributed by atoms with Crippen LogP contribution in [-0.2, 0) is 15.6 Å². The molecule has 0 spiro atoms. The summed E-state index contributed by atoms with van der Waals surface area (Å²) in [4.78, 5) is 45.2. The van der Waals surface area contributed by atoms with Crippen LogP contribution < -0.4 is 10.6 Å². The number of nitrogens with zero attached hydrogens (tertiary/aromatic N) is 6. The number of carbonyl (C=O) groups excluding carboxylic acids is 1. The minimum atomic E-state index is -1.91. The molecular weight excluding hydrogens is 667 g/mol. The van der Waals surface area contributed by atoms with E-state index in [4.69, 9.17) is 47.3 Å². The van der Waals surface area contributed by atoms with E-state index in [9.17, 15) is 9.59 Å². The monoisotopic (exact) mass is 718 g/mol. The Bertz CT molecular complexity index is 1720. The number of anilines is 1. The van der Waals surface area contributed by atoms with Crippen molar-refractivity contribution in [3.63, 3.8) is 0 Å². The molecule has 264 valence electrons. The zero-order valence-corrected chi connectivity index (χ0v) is 33.1. The molecule has 3 aromatic rings. The molecule has 0 aromatic carbocycles. The number of ether oxygens (including phenoxy) is 1. The summed E-state index contributed by atoms with van der Waals surface area (Å²) in [6, 6.07) is 3.28. The van der Waals surface area contributed by atoms with E-state index < -0.39 is 19.6 Å². The quantitative estimate of drug-likeness (QED) is 0.130. The van der Waals surface area contributed by atoms with E-state index in [0.29, 0.717) is 48.7 Å². The van der Waals surface area contributed by atoms with Crippen LogP contribution in [0.2, 0.25) is 28.3 Å². The van der Waals surface area contributed by atoms with Gasteiger partial charge in [-0.15, -0.1) is 0 Å². The van der Waals surface area contributed by atoms with E-state index in [-0.39, 0.29) is 39.3 Å².